The molecule has 0 atom stereocenters. The lowest BCUT2D eigenvalue weighted by atomic mass is 10.0. The smallest absolute Gasteiger partial charge is 0.196 e. The molecule has 0 aliphatic heterocycles. The van der Waals surface area contributed by atoms with Gasteiger partial charge in [-0.25, -0.2) is 8.78 Å². The Labute approximate surface area is 122 Å². The number of hydrogen-bond donors (Lipinski definition) is 1. The molecule has 0 aromatic heterocycles. The van der Waals surface area contributed by atoms with Gasteiger partial charge in [0.05, 0.1) is 22.8 Å². The molecule has 3 nitrogen and oxygen atoms in total. The topological polar surface area (TPSA) is 52.3 Å². The third-order valence-electron chi connectivity index (χ3n) is 2.75. The van der Waals surface area contributed by atoms with Gasteiger partial charge in [-0.2, -0.15) is 0 Å². The molecule has 2 aromatic rings. The summed E-state index contributed by atoms with van der Waals surface area (Å²) < 4.78 is 31.9. The van der Waals surface area contributed by atoms with Crippen LogP contribution in [0.4, 0.5) is 14.5 Å². The van der Waals surface area contributed by atoms with E-state index in [1.54, 1.807) is 0 Å². The Bertz CT molecular complexity index is 689. The number of methoxy groups -OCH3 is 1. The van der Waals surface area contributed by atoms with E-state index in [-0.39, 0.29) is 27.0 Å². The van der Waals surface area contributed by atoms with E-state index in [1.165, 1.54) is 25.3 Å². The first-order valence-electron chi connectivity index (χ1n) is 5.56. The SMILES string of the molecule is COc1cc(F)c(Br)cc1C(=O)c1ccc(N)c(F)c1. The molecule has 20 heavy (non-hydrogen) atoms. The van der Waals surface area contributed by atoms with Gasteiger partial charge in [0.1, 0.15) is 17.4 Å². The lowest BCUT2D eigenvalue weighted by molar-refractivity contribution is 0.103. The molecule has 0 spiro atoms. The Hall–Kier alpha value is -1.95. The third kappa shape index (κ3) is 2.65. The first-order chi connectivity index (χ1) is 9.43. The second-order valence-electron chi connectivity index (χ2n) is 4.03. The summed E-state index contributed by atoms with van der Waals surface area (Å²) in [5, 5.41) is 0. The minimum Gasteiger partial charge on any atom is -0.496 e. The van der Waals surface area contributed by atoms with Gasteiger partial charge in [-0.05, 0) is 40.2 Å². The summed E-state index contributed by atoms with van der Waals surface area (Å²) in [5.41, 5.74) is 5.55. The largest absolute Gasteiger partial charge is 0.496 e. The monoisotopic (exact) mass is 341 g/mol. The number of rotatable bonds is 3. The maximum absolute atomic E-state index is 13.4. The van der Waals surface area contributed by atoms with Gasteiger partial charge in [0.2, 0.25) is 0 Å². The number of ketones is 1. The van der Waals surface area contributed by atoms with Crippen LogP contribution in [0.3, 0.4) is 0 Å². The van der Waals surface area contributed by atoms with Gasteiger partial charge >= 0.3 is 0 Å². The predicted molar refractivity (Wildman–Crippen MR) is 74.9 cm³/mol. The maximum atomic E-state index is 13.4. The molecule has 2 rings (SSSR count). The van der Waals surface area contributed by atoms with Crippen molar-refractivity contribution < 1.29 is 18.3 Å². The quantitative estimate of drug-likeness (QED) is 0.686. The van der Waals surface area contributed by atoms with E-state index in [2.05, 4.69) is 15.9 Å². The molecular weight excluding hydrogens is 332 g/mol. The van der Waals surface area contributed by atoms with Crippen LogP contribution in [0.15, 0.2) is 34.8 Å². The summed E-state index contributed by atoms with van der Waals surface area (Å²) in [7, 11) is 1.32. The van der Waals surface area contributed by atoms with Gasteiger partial charge in [-0.3, -0.25) is 4.79 Å². The molecule has 0 aliphatic rings. The van der Waals surface area contributed by atoms with Crippen molar-refractivity contribution in [2.45, 2.75) is 0 Å². The number of carbonyl (C=O) groups excluding carboxylic acids is 1. The highest BCUT2D eigenvalue weighted by Gasteiger charge is 2.18. The maximum Gasteiger partial charge on any atom is 0.196 e. The van der Waals surface area contributed by atoms with Crippen molar-refractivity contribution in [2.75, 3.05) is 12.8 Å². The van der Waals surface area contributed by atoms with E-state index in [0.29, 0.717) is 0 Å². The Balaban J connectivity index is 2.52. The molecule has 0 aliphatic carbocycles. The molecular formula is C14H10BrF2NO2. The Morgan fingerprint density at radius 1 is 1.20 bits per heavy atom. The second kappa shape index (κ2) is 5.58. The zero-order valence-corrected chi connectivity index (χ0v) is 12.0. The average molecular weight is 342 g/mol. The van der Waals surface area contributed by atoms with Crippen LogP contribution in [-0.4, -0.2) is 12.9 Å². The van der Waals surface area contributed by atoms with Crippen LogP contribution in [0, 0.1) is 11.6 Å². The van der Waals surface area contributed by atoms with E-state index < -0.39 is 17.4 Å². The normalized spacial score (nSPS) is 10.4. The summed E-state index contributed by atoms with van der Waals surface area (Å²) in [6, 6.07) is 6.12. The molecule has 0 saturated heterocycles. The van der Waals surface area contributed by atoms with E-state index in [0.717, 1.165) is 12.1 Å². The first kappa shape index (κ1) is 14.5. The fourth-order valence-electron chi connectivity index (χ4n) is 1.70. The van der Waals surface area contributed by atoms with E-state index in [1.807, 2.05) is 0 Å². The van der Waals surface area contributed by atoms with Crippen LogP contribution >= 0.6 is 15.9 Å². The van der Waals surface area contributed by atoms with Crippen molar-refractivity contribution in [3.63, 3.8) is 0 Å². The molecule has 0 bridgehead atoms. The van der Waals surface area contributed by atoms with Crippen molar-refractivity contribution in [2.24, 2.45) is 0 Å². The highest BCUT2D eigenvalue weighted by molar-refractivity contribution is 9.10. The Morgan fingerprint density at radius 3 is 2.50 bits per heavy atom. The average Bonchev–Trinajstić information content (AvgIpc) is 2.43. The van der Waals surface area contributed by atoms with Gasteiger partial charge in [0, 0.05) is 11.6 Å². The molecule has 2 N–H and O–H groups in total. The van der Waals surface area contributed by atoms with E-state index in [4.69, 9.17) is 10.5 Å². The number of benzene rings is 2. The number of nitrogen functional groups attached to an aromatic ring is 1. The van der Waals surface area contributed by atoms with Crippen molar-refractivity contribution in [1.82, 2.24) is 0 Å². The highest BCUT2D eigenvalue weighted by atomic mass is 79.9. The minimum absolute atomic E-state index is 0.0474. The van der Waals surface area contributed by atoms with Crippen molar-refractivity contribution >= 4 is 27.4 Å². The highest BCUT2D eigenvalue weighted by Crippen LogP contribution is 2.28. The number of ether oxygens (including phenoxy) is 1. The zero-order chi connectivity index (χ0) is 14.9. The second-order valence-corrected chi connectivity index (χ2v) is 4.89. The van der Waals surface area contributed by atoms with Crippen molar-refractivity contribution in [3.05, 3.63) is 57.6 Å². The molecule has 0 fully saturated rings. The molecule has 0 heterocycles. The summed E-state index contributed by atoms with van der Waals surface area (Å²) >= 11 is 3.00. The van der Waals surface area contributed by atoms with Crippen LogP contribution in [0.5, 0.6) is 5.75 Å². The third-order valence-corrected chi connectivity index (χ3v) is 3.36. The van der Waals surface area contributed by atoms with Gasteiger partial charge in [0.15, 0.2) is 5.78 Å². The standard InChI is InChI=1S/C14H10BrF2NO2/c1-20-13-6-10(16)9(15)5-8(13)14(19)7-2-3-12(18)11(17)4-7/h2-6H,18H2,1H3. The van der Waals surface area contributed by atoms with Gasteiger partial charge in [-0.1, -0.05) is 0 Å². The Kier molecular flexibility index (Phi) is 4.04. The fraction of sp³-hybridized carbons (Fsp3) is 0.0714. The summed E-state index contributed by atoms with van der Waals surface area (Å²) in [4.78, 5) is 12.3. The molecule has 0 unspecified atom stereocenters. The molecule has 0 saturated carbocycles. The van der Waals surface area contributed by atoms with E-state index in [9.17, 15) is 13.6 Å². The van der Waals surface area contributed by atoms with Crippen LogP contribution < -0.4 is 10.5 Å². The number of carbonyl (C=O) groups is 1. The summed E-state index contributed by atoms with van der Waals surface area (Å²) in [6.07, 6.45) is 0. The molecule has 2 aromatic carbocycles. The Morgan fingerprint density at radius 2 is 1.90 bits per heavy atom. The van der Waals surface area contributed by atoms with Crippen LogP contribution in [0.1, 0.15) is 15.9 Å². The van der Waals surface area contributed by atoms with Crippen LogP contribution in [0.25, 0.3) is 0 Å². The van der Waals surface area contributed by atoms with Gasteiger partial charge in [-0.15, -0.1) is 0 Å². The molecule has 104 valence electrons. The number of nitrogens with two attached hydrogens (primary N) is 1. The lowest BCUT2D eigenvalue weighted by Crippen LogP contribution is -2.06. The van der Waals surface area contributed by atoms with E-state index >= 15 is 0 Å². The predicted octanol–water partition coefficient (Wildman–Crippen LogP) is 3.55. The van der Waals surface area contributed by atoms with Gasteiger partial charge < -0.3 is 10.5 Å². The number of anilines is 1. The molecule has 0 radical (unpaired) electrons. The van der Waals surface area contributed by atoms with Crippen LogP contribution in [0.2, 0.25) is 0 Å². The lowest BCUT2D eigenvalue weighted by Gasteiger charge is -2.09. The van der Waals surface area contributed by atoms with Crippen molar-refractivity contribution in [1.29, 1.82) is 0 Å². The summed E-state index contributed by atoms with van der Waals surface area (Å²) in [6.45, 7) is 0. The summed E-state index contributed by atoms with van der Waals surface area (Å²) in [5.74, 6) is -1.65. The number of halogens is 3. The van der Waals surface area contributed by atoms with Crippen LogP contribution in [-0.2, 0) is 0 Å². The zero-order valence-electron chi connectivity index (χ0n) is 10.4. The first-order valence-corrected chi connectivity index (χ1v) is 6.36. The van der Waals surface area contributed by atoms with Gasteiger partial charge in [0.25, 0.3) is 0 Å². The number of hydrogen-bond acceptors (Lipinski definition) is 3. The molecule has 6 heteroatoms. The minimum atomic E-state index is -0.684. The fourth-order valence-corrected chi connectivity index (χ4v) is 2.04. The van der Waals surface area contributed by atoms with Crippen molar-refractivity contribution in [3.8, 4) is 5.75 Å². The molecule has 0 amide bonds.